The monoisotopic (exact) mass is 372 g/mol. The fraction of sp³-hybridized carbons (Fsp3) is 0.905. The summed E-state index contributed by atoms with van der Waals surface area (Å²) in [6.45, 7) is 2.65. The van der Waals surface area contributed by atoms with E-state index in [1.807, 2.05) is 0 Å². The number of aliphatic hydroxyl groups is 3. The summed E-state index contributed by atoms with van der Waals surface area (Å²) in [7, 11) is 0. The zero-order chi connectivity index (χ0) is 19.0. The van der Waals surface area contributed by atoms with Crippen LogP contribution in [0.25, 0.3) is 0 Å². The second kappa shape index (κ2) is 15.6. The molecule has 0 spiro atoms. The van der Waals surface area contributed by atoms with E-state index in [0.29, 0.717) is 6.61 Å². The second-order valence-electron chi connectivity index (χ2n) is 7.32. The quantitative estimate of drug-likeness (QED) is 0.303. The van der Waals surface area contributed by atoms with Gasteiger partial charge in [-0.05, 0) is 19.3 Å². The molecule has 1 heterocycles. The lowest BCUT2D eigenvalue weighted by molar-refractivity contribution is -0.208. The van der Waals surface area contributed by atoms with Crippen molar-refractivity contribution in [3.05, 3.63) is 12.2 Å². The summed E-state index contributed by atoms with van der Waals surface area (Å²) in [5.74, 6) is 0. The molecule has 0 unspecified atom stereocenters. The van der Waals surface area contributed by atoms with Crippen molar-refractivity contribution in [2.45, 2.75) is 102 Å². The summed E-state index contributed by atoms with van der Waals surface area (Å²) in [5.41, 5.74) is 0. The van der Waals surface area contributed by atoms with Gasteiger partial charge in [0, 0.05) is 0 Å². The summed E-state index contributed by atoms with van der Waals surface area (Å²) in [4.78, 5) is 0. The standard InChI is InChI=1S/C21H40O5/c1-2-3-4-5-6-7-8-9-10-11-12-13-14-15-25-19-17-26-18(16-22)20(23)21(19)24/h12-13,18-24H,2-11,14-17H2,1H3/b13-12+/t18-,19+,20-,21-/m0/s1. The molecule has 1 aliphatic rings. The summed E-state index contributed by atoms with van der Waals surface area (Å²) < 4.78 is 10.9. The largest absolute Gasteiger partial charge is 0.394 e. The van der Waals surface area contributed by atoms with Crippen LogP contribution in [0, 0.1) is 0 Å². The van der Waals surface area contributed by atoms with Crippen molar-refractivity contribution < 1.29 is 24.8 Å². The highest BCUT2D eigenvalue weighted by Gasteiger charge is 2.38. The Labute approximate surface area is 159 Å². The molecule has 0 aliphatic carbocycles. The van der Waals surface area contributed by atoms with Crippen molar-refractivity contribution in [3.63, 3.8) is 0 Å². The topological polar surface area (TPSA) is 79.2 Å². The predicted octanol–water partition coefficient (Wildman–Crippen LogP) is 3.35. The van der Waals surface area contributed by atoms with Gasteiger partial charge in [0.15, 0.2) is 0 Å². The molecular weight excluding hydrogens is 332 g/mol. The van der Waals surface area contributed by atoms with E-state index in [0.717, 1.165) is 12.8 Å². The molecule has 0 aromatic carbocycles. The Kier molecular flexibility index (Phi) is 14.1. The van der Waals surface area contributed by atoms with E-state index in [9.17, 15) is 10.2 Å². The maximum absolute atomic E-state index is 9.96. The highest BCUT2D eigenvalue weighted by Crippen LogP contribution is 2.18. The Bertz CT molecular complexity index is 347. The van der Waals surface area contributed by atoms with Crippen LogP contribution >= 0.6 is 0 Å². The Balaban J connectivity index is 1.92. The van der Waals surface area contributed by atoms with Crippen LogP contribution in [0.3, 0.4) is 0 Å². The normalized spacial score (nSPS) is 26.6. The first kappa shape index (κ1) is 23.6. The molecular formula is C21H40O5. The van der Waals surface area contributed by atoms with Gasteiger partial charge >= 0.3 is 0 Å². The molecule has 26 heavy (non-hydrogen) atoms. The van der Waals surface area contributed by atoms with Crippen molar-refractivity contribution in [2.24, 2.45) is 0 Å². The van der Waals surface area contributed by atoms with E-state index < -0.39 is 24.4 Å². The molecule has 3 N–H and O–H groups in total. The zero-order valence-corrected chi connectivity index (χ0v) is 16.5. The fourth-order valence-electron chi connectivity index (χ4n) is 3.26. The molecule has 0 radical (unpaired) electrons. The molecule has 5 heteroatoms. The molecule has 0 aromatic heterocycles. The van der Waals surface area contributed by atoms with Crippen molar-refractivity contribution in [1.82, 2.24) is 0 Å². The lowest BCUT2D eigenvalue weighted by atomic mass is 10.0. The van der Waals surface area contributed by atoms with Gasteiger partial charge in [-0.3, -0.25) is 0 Å². The molecule has 1 aliphatic heterocycles. The maximum atomic E-state index is 9.96. The Morgan fingerprint density at radius 1 is 0.885 bits per heavy atom. The minimum atomic E-state index is -1.10. The van der Waals surface area contributed by atoms with E-state index in [1.165, 1.54) is 57.8 Å². The molecule has 0 saturated carbocycles. The molecule has 0 bridgehead atoms. The van der Waals surface area contributed by atoms with Crippen molar-refractivity contribution in [1.29, 1.82) is 0 Å². The second-order valence-corrected chi connectivity index (χ2v) is 7.32. The summed E-state index contributed by atoms with van der Waals surface area (Å²) >= 11 is 0. The van der Waals surface area contributed by atoms with Gasteiger partial charge in [0.05, 0.1) is 19.8 Å². The first-order valence-electron chi connectivity index (χ1n) is 10.6. The van der Waals surface area contributed by atoms with Crippen LogP contribution in [0.4, 0.5) is 0 Å². The van der Waals surface area contributed by atoms with Gasteiger partial charge in [0.25, 0.3) is 0 Å². The highest BCUT2D eigenvalue weighted by molar-refractivity contribution is 4.88. The predicted molar refractivity (Wildman–Crippen MR) is 104 cm³/mol. The smallest absolute Gasteiger partial charge is 0.111 e. The van der Waals surface area contributed by atoms with Crippen LogP contribution in [-0.2, 0) is 9.47 Å². The molecule has 154 valence electrons. The van der Waals surface area contributed by atoms with Crippen LogP contribution < -0.4 is 0 Å². The van der Waals surface area contributed by atoms with Gasteiger partial charge in [-0.1, -0.05) is 70.4 Å². The summed E-state index contributed by atoms with van der Waals surface area (Å²) in [5, 5.41) is 28.8. The maximum Gasteiger partial charge on any atom is 0.111 e. The first-order chi connectivity index (χ1) is 12.7. The van der Waals surface area contributed by atoms with Gasteiger partial charge < -0.3 is 24.8 Å². The first-order valence-corrected chi connectivity index (χ1v) is 10.6. The minimum Gasteiger partial charge on any atom is -0.394 e. The number of unbranched alkanes of at least 4 members (excludes halogenated alkanes) is 9. The van der Waals surface area contributed by atoms with Crippen molar-refractivity contribution in [2.75, 3.05) is 19.8 Å². The molecule has 5 nitrogen and oxygen atoms in total. The van der Waals surface area contributed by atoms with E-state index in [2.05, 4.69) is 19.1 Å². The minimum absolute atomic E-state index is 0.200. The number of aliphatic hydroxyl groups excluding tert-OH is 3. The molecule has 1 rings (SSSR count). The third-order valence-electron chi connectivity index (χ3n) is 5.02. The van der Waals surface area contributed by atoms with Gasteiger partial charge in [-0.15, -0.1) is 0 Å². The Hall–Kier alpha value is -0.460. The number of ether oxygens (including phenoxy) is 2. The van der Waals surface area contributed by atoms with E-state index in [-0.39, 0.29) is 13.2 Å². The fourth-order valence-corrected chi connectivity index (χ4v) is 3.26. The van der Waals surface area contributed by atoms with Gasteiger partial charge in [0.1, 0.15) is 24.4 Å². The summed E-state index contributed by atoms with van der Waals surface area (Å²) in [6, 6.07) is 0. The molecule has 1 saturated heterocycles. The SMILES string of the molecule is CCCCCCCCCCC/C=C/CCO[C@@H]1CO[C@@H](CO)[C@H](O)[C@H]1O. The van der Waals surface area contributed by atoms with Crippen LogP contribution in [0.15, 0.2) is 12.2 Å². The third-order valence-corrected chi connectivity index (χ3v) is 5.02. The Morgan fingerprint density at radius 3 is 2.15 bits per heavy atom. The number of rotatable bonds is 15. The molecule has 1 fully saturated rings. The van der Waals surface area contributed by atoms with Gasteiger partial charge in [0.2, 0.25) is 0 Å². The van der Waals surface area contributed by atoms with Crippen molar-refractivity contribution >= 4 is 0 Å². The number of allylic oxidation sites excluding steroid dienone is 1. The lowest BCUT2D eigenvalue weighted by Crippen LogP contribution is -2.55. The van der Waals surface area contributed by atoms with Crippen LogP contribution in [0.5, 0.6) is 0 Å². The molecule has 0 aromatic rings. The van der Waals surface area contributed by atoms with Crippen molar-refractivity contribution in [3.8, 4) is 0 Å². The van der Waals surface area contributed by atoms with E-state index >= 15 is 0 Å². The molecule has 4 atom stereocenters. The Morgan fingerprint density at radius 2 is 1.50 bits per heavy atom. The van der Waals surface area contributed by atoms with Crippen LogP contribution in [0.2, 0.25) is 0 Å². The number of hydrogen-bond acceptors (Lipinski definition) is 5. The zero-order valence-electron chi connectivity index (χ0n) is 16.5. The third kappa shape index (κ3) is 10.0. The average Bonchev–Trinajstić information content (AvgIpc) is 2.65. The lowest BCUT2D eigenvalue weighted by Gasteiger charge is -2.36. The molecule has 0 amide bonds. The van der Waals surface area contributed by atoms with Gasteiger partial charge in [-0.2, -0.15) is 0 Å². The van der Waals surface area contributed by atoms with Gasteiger partial charge in [-0.25, -0.2) is 0 Å². The van der Waals surface area contributed by atoms with E-state index in [4.69, 9.17) is 14.6 Å². The highest BCUT2D eigenvalue weighted by atomic mass is 16.6. The van der Waals surface area contributed by atoms with E-state index in [1.54, 1.807) is 0 Å². The van der Waals surface area contributed by atoms with Crippen LogP contribution in [-0.4, -0.2) is 59.6 Å². The van der Waals surface area contributed by atoms with Crippen LogP contribution in [0.1, 0.15) is 77.6 Å². The summed E-state index contributed by atoms with van der Waals surface area (Å²) in [6.07, 6.45) is 15.0. The average molecular weight is 373 g/mol. The number of hydrogen-bond donors (Lipinski definition) is 3.